The Hall–Kier alpha value is -1.45. The Bertz CT molecular complexity index is 473. The van der Waals surface area contributed by atoms with E-state index in [1.54, 1.807) is 6.20 Å². The highest BCUT2D eigenvalue weighted by atomic mass is 16.7. The maximum absolute atomic E-state index is 5.50. The van der Waals surface area contributed by atoms with Gasteiger partial charge in [-0.25, -0.2) is 0 Å². The molecule has 2 aromatic rings. The first-order valence-electron chi connectivity index (χ1n) is 5.02. The first-order chi connectivity index (χ1) is 7.45. The zero-order valence-corrected chi connectivity index (χ0v) is 8.22. The summed E-state index contributed by atoms with van der Waals surface area (Å²) in [6.45, 7) is 1.34. The molecule has 1 aliphatic rings. The minimum atomic E-state index is -0.224. The van der Waals surface area contributed by atoms with Crippen LogP contribution in [0.5, 0.6) is 0 Å². The van der Waals surface area contributed by atoms with Crippen LogP contribution in [0.1, 0.15) is 11.9 Å². The highest BCUT2D eigenvalue weighted by Gasteiger charge is 2.20. The third-order valence-corrected chi connectivity index (χ3v) is 2.56. The van der Waals surface area contributed by atoms with Crippen molar-refractivity contribution in [2.75, 3.05) is 13.2 Å². The molecule has 2 heterocycles. The lowest BCUT2D eigenvalue weighted by Crippen LogP contribution is -1.99. The number of benzene rings is 1. The van der Waals surface area contributed by atoms with Crippen LogP contribution in [0.25, 0.3) is 10.9 Å². The van der Waals surface area contributed by atoms with Crippen LogP contribution in [-0.4, -0.2) is 18.2 Å². The van der Waals surface area contributed by atoms with Gasteiger partial charge in [0.05, 0.1) is 18.7 Å². The molecule has 3 nitrogen and oxygen atoms in total. The monoisotopic (exact) mass is 201 g/mol. The number of hydrogen-bond donors (Lipinski definition) is 0. The Labute approximate surface area is 87.6 Å². The quantitative estimate of drug-likeness (QED) is 0.709. The van der Waals surface area contributed by atoms with Crippen LogP contribution in [0.4, 0.5) is 0 Å². The summed E-state index contributed by atoms with van der Waals surface area (Å²) >= 11 is 0. The molecule has 0 N–H and O–H groups in total. The second-order valence-electron chi connectivity index (χ2n) is 3.49. The lowest BCUT2D eigenvalue weighted by atomic mass is 10.1. The minimum absolute atomic E-state index is 0.224. The van der Waals surface area contributed by atoms with Crippen molar-refractivity contribution in [1.29, 1.82) is 0 Å². The van der Waals surface area contributed by atoms with Crippen LogP contribution in [0, 0.1) is 0 Å². The molecule has 0 bridgehead atoms. The topological polar surface area (TPSA) is 31.4 Å². The lowest BCUT2D eigenvalue weighted by Gasteiger charge is -2.11. The fraction of sp³-hybridized carbons (Fsp3) is 0.250. The molecule has 76 valence electrons. The molecule has 3 rings (SSSR count). The fourth-order valence-corrected chi connectivity index (χ4v) is 1.86. The summed E-state index contributed by atoms with van der Waals surface area (Å²) in [7, 11) is 0. The molecule has 0 unspecified atom stereocenters. The van der Waals surface area contributed by atoms with Crippen LogP contribution >= 0.6 is 0 Å². The van der Waals surface area contributed by atoms with E-state index >= 15 is 0 Å². The summed E-state index contributed by atoms with van der Waals surface area (Å²) in [6, 6.07) is 9.98. The summed E-state index contributed by atoms with van der Waals surface area (Å²) in [4.78, 5) is 4.30. The number of ether oxygens (including phenoxy) is 2. The van der Waals surface area contributed by atoms with Gasteiger partial charge in [0.2, 0.25) is 0 Å². The minimum Gasteiger partial charge on any atom is -0.346 e. The van der Waals surface area contributed by atoms with Crippen molar-refractivity contribution in [2.45, 2.75) is 6.29 Å². The van der Waals surface area contributed by atoms with Gasteiger partial charge in [0.25, 0.3) is 0 Å². The van der Waals surface area contributed by atoms with Crippen molar-refractivity contribution in [3.63, 3.8) is 0 Å². The van der Waals surface area contributed by atoms with Crippen molar-refractivity contribution < 1.29 is 9.47 Å². The van der Waals surface area contributed by atoms with E-state index in [9.17, 15) is 0 Å². The van der Waals surface area contributed by atoms with Gasteiger partial charge >= 0.3 is 0 Å². The van der Waals surface area contributed by atoms with E-state index in [-0.39, 0.29) is 6.29 Å². The number of para-hydroxylation sites is 1. The molecular weight excluding hydrogens is 190 g/mol. The van der Waals surface area contributed by atoms with Gasteiger partial charge in [-0.05, 0) is 12.1 Å². The SMILES string of the molecule is c1ccc2c(C3OCCO3)ccnc2c1. The molecule has 0 aliphatic carbocycles. The average molecular weight is 201 g/mol. The van der Waals surface area contributed by atoms with Crippen molar-refractivity contribution >= 4 is 10.9 Å². The number of hydrogen-bond acceptors (Lipinski definition) is 3. The van der Waals surface area contributed by atoms with Crippen molar-refractivity contribution in [3.05, 3.63) is 42.1 Å². The molecule has 1 aromatic heterocycles. The summed E-state index contributed by atoms with van der Waals surface area (Å²) in [6.07, 6.45) is 1.57. The van der Waals surface area contributed by atoms with Crippen molar-refractivity contribution in [3.8, 4) is 0 Å². The Kier molecular flexibility index (Phi) is 2.12. The van der Waals surface area contributed by atoms with Crippen molar-refractivity contribution in [2.24, 2.45) is 0 Å². The van der Waals surface area contributed by atoms with Gasteiger partial charge in [-0.2, -0.15) is 0 Å². The maximum Gasteiger partial charge on any atom is 0.184 e. The van der Waals surface area contributed by atoms with E-state index in [2.05, 4.69) is 4.98 Å². The van der Waals surface area contributed by atoms with E-state index in [0.717, 1.165) is 16.5 Å². The van der Waals surface area contributed by atoms with E-state index in [1.165, 1.54) is 0 Å². The van der Waals surface area contributed by atoms with Crippen molar-refractivity contribution in [1.82, 2.24) is 4.98 Å². The Morgan fingerprint density at radius 3 is 2.73 bits per heavy atom. The van der Waals surface area contributed by atoms with Gasteiger partial charge < -0.3 is 9.47 Å². The molecule has 0 saturated carbocycles. The first-order valence-corrected chi connectivity index (χ1v) is 5.02. The van der Waals surface area contributed by atoms with E-state index in [0.29, 0.717) is 13.2 Å². The number of fused-ring (bicyclic) bond motifs is 1. The highest BCUT2D eigenvalue weighted by molar-refractivity contribution is 5.82. The molecule has 1 saturated heterocycles. The first kappa shape index (κ1) is 8.83. The molecule has 15 heavy (non-hydrogen) atoms. The van der Waals surface area contributed by atoms with Gasteiger partial charge in [-0.15, -0.1) is 0 Å². The summed E-state index contributed by atoms with van der Waals surface area (Å²) in [5.74, 6) is 0. The molecule has 1 aliphatic heterocycles. The third-order valence-electron chi connectivity index (χ3n) is 2.56. The number of rotatable bonds is 1. The van der Waals surface area contributed by atoms with E-state index in [1.807, 2.05) is 30.3 Å². The van der Waals surface area contributed by atoms with Crippen LogP contribution < -0.4 is 0 Å². The zero-order chi connectivity index (χ0) is 10.1. The molecular formula is C12H11NO2. The average Bonchev–Trinajstić information content (AvgIpc) is 2.82. The molecule has 3 heteroatoms. The summed E-state index contributed by atoms with van der Waals surface area (Å²) in [5, 5.41) is 1.10. The van der Waals surface area contributed by atoms with Gasteiger partial charge in [0.15, 0.2) is 6.29 Å². The van der Waals surface area contributed by atoms with Crippen LogP contribution in [0.15, 0.2) is 36.5 Å². The molecule has 1 fully saturated rings. The number of aromatic nitrogens is 1. The number of nitrogens with zero attached hydrogens (tertiary/aromatic N) is 1. The molecule has 1 aromatic carbocycles. The van der Waals surface area contributed by atoms with E-state index < -0.39 is 0 Å². The molecule has 0 amide bonds. The number of pyridine rings is 1. The standard InChI is InChI=1S/C12H11NO2/c1-2-4-11-9(3-1)10(5-6-13-11)12-14-7-8-15-12/h1-6,12H,7-8H2. The lowest BCUT2D eigenvalue weighted by molar-refractivity contribution is -0.0430. The van der Waals surface area contributed by atoms with Crippen LogP contribution in [-0.2, 0) is 9.47 Å². The van der Waals surface area contributed by atoms with Crippen LogP contribution in [0.2, 0.25) is 0 Å². The second kappa shape index (κ2) is 3.61. The smallest absolute Gasteiger partial charge is 0.184 e. The van der Waals surface area contributed by atoms with Gasteiger partial charge in [-0.1, -0.05) is 18.2 Å². The Morgan fingerprint density at radius 2 is 1.87 bits per heavy atom. The second-order valence-corrected chi connectivity index (χ2v) is 3.49. The van der Waals surface area contributed by atoms with Crippen LogP contribution in [0.3, 0.4) is 0 Å². The summed E-state index contributed by atoms with van der Waals surface area (Å²) < 4.78 is 11.0. The molecule has 0 atom stereocenters. The predicted octanol–water partition coefficient (Wildman–Crippen LogP) is 2.28. The normalized spacial score (nSPS) is 17.3. The molecule has 0 radical (unpaired) electrons. The molecule has 0 spiro atoms. The van der Waals surface area contributed by atoms with Gasteiger partial charge in [-0.3, -0.25) is 4.98 Å². The fourth-order valence-electron chi connectivity index (χ4n) is 1.86. The predicted molar refractivity (Wildman–Crippen MR) is 56.4 cm³/mol. The Balaban J connectivity index is 2.16. The van der Waals surface area contributed by atoms with Gasteiger partial charge in [0, 0.05) is 17.1 Å². The third kappa shape index (κ3) is 1.50. The zero-order valence-electron chi connectivity index (χ0n) is 8.22. The largest absolute Gasteiger partial charge is 0.346 e. The van der Waals surface area contributed by atoms with E-state index in [4.69, 9.17) is 9.47 Å². The Morgan fingerprint density at radius 1 is 1.07 bits per heavy atom. The highest BCUT2D eigenvalue weighted by Crippen LogP contribution is 2.28. The maximum atomic E-state index is 5.50. The van der Waals surface area contributed by atoms with Gasteiger partial charge in [0.1, 0.15) is 0 Å². The summed E-state index contributed by atoms with van der Waals surface area (Å²) in [5.41, 5.74) is 2.05.